The lowest BCUT2D eigenvalue weighted by Crippen LogP contribution is -1.97. The molecule has 5 nitrogen and oxygen atoms in total. The summed E-state index contributed by atoms with van der Waals surface area (Å²) in [5.41, 5.74) is 1.14. The van der Waals surface area contributed by atoms with Crippen molar-refractivity contribution in [2.45, 2.75) is 6.61 Å². The fourth-order valence-corrected chi connectivity index (χ4v) is 2.00. The van der Waals surface area contributed by atoms with Crippen molar-refractivity contribution in [3.05, 3.63) is 53.3 Å². The average Bonchev–Trinajstić information content (AvgIpc) is 2.59. The smallest absolute Gasteiger partial charge is 0.203 e. The van der Waals surface area contributed by atoms with Crippen LogP contribution >= 0.6 is 0 Å². The summed E-state index contributed by atoms with van der Waals surface area (Å²) in [6, 6.07) is 9.85. The molecule has 122 valence electrons. The molecule has 0 saturated heterocycles. The molecule has 0 aliphatic heterocycles. The van der Waals surface area contributed by atoms with E-state index in [4.69, 9.17) is 19.0 Å². The third-order valence-electron chi connectivity index (χ3n) is 3.14. The lowest BCUT2D eigenvalue weighted by molar-refractivity contribution is 0.129. The number of rotatable bonds is 7. The maximum absolute atomic E-state index is 13.4. The second-order valence-electron chi connectivity index (χ2n) is 4.56. The predicted octanol–water partition coefficient (Wildman–Crippen LogP) is 3.40. The van der Waals surface area contributed by atoms with Crippen LogP contribution in [0.15, 0.2) is 41.6 Å². The van der Waals surface area contributed by atoms with E-state index in [9.17, 15) is 4.39 Å². The van der Waals surface area contributed by atoms with E-state index in [0.29, 0.717) is 28.4 Å². The molecule has 0 unspecified atom stereocenters. The van der Waals surface area contributed by atoms with Gasteiger partial charge in [-0.2, -0.15) is 0 Å². The number of nitrogens with zero attached hydrogens (tertiary/aromatic N) is 1. The van der Waals surface area contributed by atoms with E-state index in [1.165, 1.54) is 33.6 Å². The van der Waals surface area contributed by atoms with Crippen LogP contribution in [0, 0.1) is 5.82 Å². The van der Waals surface area contributed by atoms with Crippen LogP contribution in [0.25, 0.3) is 0 Å². The Morgan fingerprint density at radius 2 is 1.65 bits per heavy atom. The Balaban J connectivity index is 2.09. The highest BCUT2D eigenvalue weighted by atomic mass is 19.1. The van der Waals surface area contributed by atoms with Crippen molar-refractivity contribution >= 4 is 6.21 Å². The molecule has 23 heavy (non-hydrogen) atoms. The summed E-state index contributed by atoms with van der Waals surface area (Å²) in [6.07, 6.45) is 1.49. The number of hydrogen-bond acceptors (Lipinski definition) is 5. The summed E-state index contributed by atoms with van der Waals surface area (Å²) in [6.45, 7) is 0.0492. The van der Waals surface area contributed by atoms with Gasteiger partial charge >= 0.3 is 0 Å². The molecular weight excluding hydrogens is 301 g/mol. The Kier molecular flexibility index (Phi) is 5.80. The van der Waals surface area contributed by atoms with Crippen LogP contribution in [0.2, 0.25) is 0 Å². The quantitative estimate of drug-likeness (QED) is 0.580. The van der Waals surface area contributed by atoms with Crippen molar-refractivity contribution in [1.29, 1.82) is 0 Å². The maximum Gasteiger partial charge on any atom is 0.203 e. The van der Waals surface area contributed by atoms with E-state index < -0.39 is 0 Å². The lowest BCUT2D eigenvalue weighted by Gasteiger charge is -2.12. The van der Waals surface area contributed by atoms with Crippen molar-refractivity contribution in [2.75, 3.05) is 21.3 Å². The SMILES string of the molecule is COc1cc(/C=N\OCc2ccccc2F)cc(OC)c1OC. The molecule has 0 fully saturated rings. The molecule has 2 aromatic rings. The van der Waals surface area contributed by atoms with E-state index in [1.807, 2.05) is 0 Å². The molecule has 0 N–H and O–H groups in total. The summed E-state index contributed by atoms with van der Waals surface area (Å²) < 4.78 is 29.2. The van der Waals surface area contributed by atoms with Gasteiger partial charge in [-0.3, -0.25) is 0 Å². The van der Waals surface area contributed by atoms with E-state index in [2.05, 4.69) is 5.16 Å². The van der Waals surface area contributed by atoms with Crippen molar-refractivity contribution in [2.24, 2.45) is 5.16 Å². The van der Waals surface area contributed by atoms with Crippen molar-refractivity contribution in [3.8, 4) is 17.2 Å². The zero-order valence-electron chi connectivity index (χ0n) is 13.2. The number of halogens is 1. The standard InChI is InChI=1S/C17H18FNO4/c1-20-15-8-12(9-16(21-2)17(15)22-3)10-19-23-11-13-6-4-5-7-14(13)18/h4-10H,11H2,1-3H3/b19-10-. The first-order chi connectivity index (χ1) is 11.2. The molecule has 2 aromatic carbocycles. The molecule has 0 atom stereocenters. The van der Waals surface area contributed by atoms with Crippen LogP contribution in [-0.4, -0.2) is 27.5 Å². The first-order valence-corrected chi connectivity index (χ1v) is 6.88. The predicted molar refractivity (Wildman–Crippen MR) is 84.9 cm³/mol. The zero-order chi connectivity index (χ0) is 16.7. The van der Waals surface area contributed by atoms with Crippen LogP contribution in [0.1, 0.15) is 11.1 Å². The number of hydrogen-bond donors (Lipinski definition) is 0. The summed E-state index contributed by atoms with van der Waals surface area (Å²) in [4.78, 5) is 5.12. The van der Waals surface area contributed by atoms with Gasteiger partial charge in [0.05, 0.1) is 27.5 Å². The summed E-state index contributed by atoms with van der Waals surface area (Å²) in [5.74, 6) is 1.21. The Bertz CT molecular complexity index is 663. The molecule has 0 spiro atoms. The molecular formula is C17H18FNO4. The molecule has 0 aliphatic carbocycles. The second kappa shape index (κ2) is 8.03. The minimum absolute atomic E-state index is 0.0492. The molecule has 6 heteroatoms. The van der Waals surface area contributed by atoms with Crippen LogP contribution < -0.4 is 14.2 Å². The van der Waals surface area contributed by atoms with Crippen LogP contribution in [0.3, 0.4) is 0 Å². The second-order valence-corrected chi connectivity index (χ2v) is 4.56. The topological polar surface area (TPSA) is 49.3 Å². The minimum atomic E-state index is -0.324. The molecule has 0 aliphatic rings. The van der Waals surface area contributed by atoms with Crippen molar-refractivity contribution in [3.63, 3.8) is 0 Å². The largest absolute Gasteiger partial charge is 0.493 e. The van der Waals surface area contributed by atoms with E-state index in [-0.39, 0.29) is 12.4 Å². The highest BCUT2D eigenvalue weighted by molar-refractivity contribution is 5.82. The summed E-state index contributed by atoms with van der Waals surface area (Å²) in [7, 11) is 4.60. The number of oxime groups is 1. The van der Waals surface area contributed by atoms with E-state index in [1.54, 1.807) is 30.3 Å². The molecule has 0 aromatic heterocycles. The first kappa shape index (κ1) is 16.6. The Morgan fingerprint density at radius 3 is 2.22 bits per heavy atom. The van der Waals surface area contributed by atoms with Gasteiger partial charge in [0, 0.05) is 11.1 Å². The zero-order valence-corrected chi connectivity index (χ0v) is 13.2. The van der Waals surface area contributed by atoms with E-state index in [0.717, 1.165) is 0 Å². The highest BCUT2D eigenvalue weighted by Crippen LogP contribution is 2.37. The minimum Gasteiger partial charge on any atom is -0.493 e. The molecule has 2 rings (SSSR count). The summed E-state index contributed by atoms with van der Waals surface area (Å²) in [5, 5.41) is 3.84. The van der Waals surface area contributed by atoms with Gasteiger partial charge in [0.25, 0.3) is 0 Å². The van der Waals surface area contributed by atoms with Gasteiger partial charge in [-0.1, -0.05) is 23.4 Å². The average molecular weight is 319 g/mol. The number of ether oxygens (including phenoxy) is 3. The van der Waals surface area contributed by atoms with Gasteiger partial charge in [0.15, 0.2) is 11.5 Å². The molecule has 0 saturated carbocycles. The third kappa shape index (κ3) is 4.12. The Labute approximate surface area is 134 Å². The first-order valence-electron chi connectivity index (χ1n) is 6.88. The van der Waals surface area contributed by atoms with Crippen molar-refractivity contribution < 1.29 is 23.4 Å². The normalized spacial score (nSPS) is 10.6. The fourth-order valence-electron chi connectivity index (χ4n) is 2.00. The monoisotopic (exact) mass is 319 g/mol. The van der Waals surface area contributed by atoms with Gasteiger partial charge in [0.2, 0.25) is 5.75 Å². The van der Waals surface area contributed by atoms with Crippen LogP contribution in [-0.2, 0) is 11.4 Å². The van der Waals surface area contributed by atoms with Crippen LogP contribution in [0.4, 0.5) is 4.39 Å². The molecule has 0 heterocycles. The number of benzene rings is 2. The van der Waals surface area contributed by atoms with Gasteiger partial charge in [-0.25, -0.2) is 4.39 Å². The Morgan fingerprint density at radius 1 is 1.00 bits per heavy atom. The molecule has 0 radical (unpaired) electrons. The van der Waals surface area contributed by atoms with E-state index >= 15 is 0 Å². The third-order valence-corrected chi connectivity index (χ3v) is 3.14. The number of methoxy groups -OCH3 is 3. The molecule has 0 amide bonds. The van der Waals surface area contributed by atoms with Gasteiger partial charge in [-0.05, 0) is 18.2 Å². The Hall–Kier alpha value is -2.76. The summed E-state index contributed by atoms with van der Waals surface area (Å²) >= 11 is 0. The van der Waals surface area contributed by atoms with Gasteiger partial charge in [0.1, 0.15) is 12.4 Å². The molecule has 0 bridgehead atoms. The fraction of sp³-hybridized carbons (Fsp3) is 0.235. The van der Waals surface area contributed by atoms with Crippen molar-refractivity contribution in [1.82, 2.24) is 0 Å². The van der Waals surface area contributed by atoms with Gasteiger partial charge in [-0.15, -0.1) is 0 Å². The van der Waals surface area contributed by atoms with Gasteiger partial charge < -0.3 is 19.0 Å². The lowest BCUT2D eigenvalue weighted by atomic mass is 10.2. The maximum atomic E-state index is 13.4. The van der Waals surface area contributed by atoms with Crippen LogP contribution in [0.5, 0.6) is 17.2 Å². The highest BCUT2D eigenvalue weighted by Gasteiger charge is 2.12.